The van der Waals surface area contributed by atoms with Crippen LogP contribution in [0, 0.1) is 17.0 Å². The van der Waals surface area contributed by atoms with Crippen molar-refractivity contribution < 1.29 is 8.78 Å². The smallest absolute Gasteiger partial charge is 0.144 e. The number of hydrogen-bond acceptors (Lipinski definition) is 1. The summed E-state index contributed by atoms with van der Waals surface area (Å²) in [6.07, 6.45) is 3.36. The van der Waals surface area contributed by atoms with Crippen LogP contribution in [0.15, 0.2) is 16.6 Å². The maximum atomic E-state index is 13.9. The highest BCUT2D eigenvalue weighted by Crippen LogP contribution is 2.34. The molecule has 0 spiro atoms. The molecule has 0 aliphatic carbocycles. The second kappa shape index (κ2) is 5.88. The number of benzene rings is 1. The van der Waals surface area contributed by atoms with Gasteiger partial charge in [-0.3, -0.25) is 4.90 Å². The van der Waals surface area contributed by atoms with Gasteiger partial charge in [-0.2, -0.15) is 0 Å². The van der Waals surface area contributed by atoms with Gasteiger partial charge in [0.15, 0.2) is 0 Å². The maximum absolute atomic E-state index is 13.9. The summed E-state index contributed by atoms with van der Waals surface area (Å²) in [5, 5.41) is 0. The van der Waals surface area contributed by atoms with Gasteiger partial charge in [-0.25, -0.2) is 8.78 Å². The first kappa shape index (κ1) is 14.9. The Labute approximate surface area is 122 Å². The molecule has 0 atom stereocenters. The molecule has 1 nitrogen and oxygen atoms in total. The van der Waals surface area contributed by atoms with E-state index in [2.05, 4.69) is 34.7 Å². The summed E-state index contributed by atoms with van der Waals surface area (Å²) in [4.78, 5) is 2.14. The normalized spacial score (nSPS) is 19.6. The lowest BCUT2D eigenvalue weighted by molar-refractivity contribution is 0.108. The van der Waals surface area contributed by atoms with Crippen molar-refractivity contribution in [2.24, 2.45) is 5.41 Å². The van der Waals surface area contributed by atoms with Crippen molar-refractivity contribution in [1.29, 1.82) is 0 Å². The number of rotatable bonds is 3. The molecule has 1 saturated heterocycles. The van der Waals surface area contributed by atoms with E-state index >= 15 is 0 Å². The molecule has 0 unspecified atom stereocenters. The van der Waals surface area contributed by atoms with E-state index in [4.69, 9.17) is 0 Å². The van der Waals surface area contributed by atoms with Crippen LogP contribution in [0.25, 0.3) is 0 Å². The van der Waals surface area contributed by atoms with Gasteiger partial charge in [0.25, 0.3) is 0 Å². The zero-order chi connectivity index (χ0) is 14.0. The van der Waals surface area contributed by atoms with Crippen LogP contribution in [-0.2, 0) is 6.54 Å². The van der Waals surface area contributed by atoms with E-state index in [1.807, 2.05) is 0 Å². The number of likely N-dealkylation sites (tertiary alicyclic amines) is 1. The van der Waals surface area contributed by atoms with E-state index < -0.39 is 11.6 Å². The van der Waals surface area contributed by atoms with Crippen LogP contribution in [0.1, 0.15) is 38.7 Å². The van der Waals surface area contributed by atoms with Gasteiger partial charge in [-0.1, -0.05) is 20.3 Å². The highest BCUT2D eigenvalue weighted by atomic mass is 79.9. The minimum absolute atomic E-state index is 0.175. The Morgan fingerprint density at radius 2 is 1.89 bits per heavy atom. The fourth-order valence-corrected chi connectivity index (χ4v) is 2.91. The molecule has 1 heterocycles. The van der Waals surface area contributed by atoms with Crippen LogP contribution < -0.4 is 0 Å². The Hall–Kier alpha value is -0.480. The van der Waals surface area contributed by atoms with Crippen molar-refractivity contribution in [2.45, 2.75) is 39.7 Å². The molecule has 0 saturated carbocycles. The predicted molar refractivity (Wildman–Crippen MR) is 77.0 cm³/mol. The van der Waals surface area contributed by atoms with E-state index in [0.29, 0.717) is 16.4 Å². The molecule has 1 fully saturated rings. The third-order valence-corrected chi connectivity index (χ3v) is 5.05. The van der Waals surface area contributed by atoms with Crippen LogP contribution in [-0.4, -0.2) is 18.0 Å². The Balaban J connectivity index is 2.06. The molecule has 4 heteroatoms. The Bertz CT molecular complexity index is 454. The summed E-state index contributed by atoms with van der Waals surface area (Å²) in [7, 11) is 0. The van der Waals surface area contributed by atoms with Crippen LogP contribution in [0.3, 0.4) is 0 Å². The molecule has 2 rings (SSSR count). The lowest BCUT2D eigenvalue weighted by Crippen LogP contribution is -2.38. The van der Waals surface area contributed by atoms with Crippen LogP contribution >= 0.6 is 15.9 Å². The zero-order valence-electron chi connectivity index (χ0n) is 11.5. The van der Waals surface area contributed by atoms with Crippen LogP contribution in [0.2, 0.25) is 0 Å². The first-order valence-electron chi connectivity index (χ1n) is 6.80. The average molecular weight is 332 g/mol. The van der Waals surface area contributed by atoms with Gasteiger partial charge in [0.2, 0.25) is 0 Å². The van der Waals surface area contributed by atoms with Gasteiger partial charge in [-0.05, 0) is 59.4 Å². The Kier molecular flexibility index (Phi) is 4.62. The van der Waals surface area contributed by atoms with Gasteiger partial charge in [0.05, 0.1) is 4.47 Å². The quantitative estimate of drug-likeness (QED) is 0.723. The standard InChI is InChI=1S/C15H20BrF2N/c1-3-15(2)6-8-19(9-7-15)10-11-13(17)5-4-12(16)14(11)18/h4-5H,3,6-10H2,1-2H3. The molecule has 1 aromatic carbocycles. The number of piperidine rings is 1. The molecule has 0 bridgehead atoms. The second-order valence-corrected chi connectivity index (χ2v) is 6.62. The molecular formula is C15H20BrF2N. The summed E-state index contributed by atoms with van der Waals surface area (Å²) in [6.45, 7) is 6.69. The summed E-state index contributed by atoms with van der Waals surface area (Å²) >= 11 is 3.11. The lowest BCUT2D eigenvalue weighted by Gasteiger charge is -2.39. The molecule has 0 amide bonds. The lowest BCUT2D eigenvalue weighted by atomic mass is 9.78. The van der Waals surface area contributed by atoms with E-state index in [1.165, 1.54) is 18.6 Å². The van der Waals surface area contributed by atoms with E-state index in [-0.39, 0.29) is 5.56 Å². The van der Waals surface area contributed by atoms with Crippen molar-refractivity contribution in [3.05, 3.63) is 33.8 Å². The van der Waals surface area contributed by atoms with E-state index in [0.717, 1.165) is 25.9 Å². The minimum Gasteiger partial charge on any atom is -0.299 e. The van der Waals surface area contributed by atoms with Gasteiger partial charge in [-0.15, -0.1) is 0 Å². The van der Waals surface area contributed by atoms with Gasteiger partial charge in [0, 0.05) is 12.1 Å². The summed E-state index contributed by atoms with van der Waals surface area (Å²) in [5.41, 5.74) is 0.569. The van der Waals surface area contributed by atoms with Crippen molar-refractivity contribution >= 4 is 15.9 Å². The summed E-state index contributed by atoms with van der Waals surface area (Å²) in [5.74, 6) is -0.923. The SMILES string of the molecule is CCC1(C)CCN(Cc2c(F)ccc(Br)c2F)CC1. The fourth-order valence-electron chi connectivity index (χ4n) is 2.54. The number of halogens is 3. The third kappa shape index (κ3) is 3.34. The van der Waals surface area contributed by atoms with Crippen molar-refractivity contribution in [1.82, 2.24) is 4.90 Å². The predicted octanol–water partition coefficient (Wildman–Crippen LogP) is 4.74. The molecule has 0 aromatic heterocycles. The van der Waals surface area contributed by atoms with Gasteiger partial charge < -0.3 is 0 Å². The monoisotopic (exact) mass is 331 g/mol. The number of hydrogen-bond donors (Lipinski definition) is 0. The average Bonchev–Trinajstić information content (AvgIpc) is 2.41. The third-order valence-electron chi connectivity index (χ3n) is 4.44. The molecule has 106 valence electrons. The highest BCUT2D eigenvalue weighted by molar-refractivity contribution is 9.10. The summed E-state index contributed by atoms with van der Waals surface area (Å²) < 4.78 is 28.0. The maximum Gasteiger partial charge on any atom is 0.144 e. The Morgan fingerprint density at radius 1 is 1.26 bits per heavy atom. The van der Waals surface area contributed by atoms with Gasteiger partial charge >= 0.3 is 0 Å². The summed E-state index contributed by atoms with van der Waals surface area (Å²) in [6, 6.07) is 2.74. The second-order valence-electron chi connectivity index (χ2n) is 5.76. The first-order chi connectivity index (χ1) is 8.95. The Morgan fingerprint density at radius 3 is 2.47 bits per heavy atom. The highest BCUT2D eigenvalue weighted by Gasteiger charge is 2.29. The molecule has 1 aromatic rings. The molecule has 1 aliphatic heterocycles. The van der Waals surface area contributed by atoms with Crippen LogP contribution in [0.5, 0.6) is 0 Å². The molecule has 0 radical (unpaired) electrons. The first-order valence-corrected chi connectivity index (χ1v) is 7.59. The minimum atomic E-state index is -0.469. The van der Waals surface area contributed by atoms with Crippen molar-refractivity contribution in [3.63, 3.8) is 0 Å². The molecule has 19 heavy (non-hydrogen) atoms. The molecular weight excluding hydrogens is 312 g/mol. The zero-order valence-corrected chi connectivity index (χ0v) is 13.1. The number of nitrogens with zero attached hydrogens (tertiary/aromatic N) is 1. The largest absolute Gasteiger partial charge is 0.299 e. The van der Waals surface area contributed by atoms with E-state index in [9.17, 15) is 8.78 Å². The van der Waals surface area contributed by atoms with E-state index in [1.54, 1.807) is 0 Å². The fraction of sp³-hybridized carbons (Fsp3) is 0.600. The molecule has 1 aliphatic rings. The van der Waals surface area contributed by atoms with Crippen molar-refractivity contribution in [2.75, 3.05) is 13.1 Å². The van der Waals surface area contributed by atoms with Crippen LogP contribution in [0.4, 0.5) is 8.78 Å². The topological polar surface area (TPSA) is 3.24 Å². The van der Waals surface area contributed by atoms with Gasteiger partial charge in [0.1, 0.15) is 11.6 Å². The molecule has 0 N–H and O–H groups in total. The van der Waals surface area contributed by atoms with Crippen molar-refractivity contribution in [3.8, 4) is 0 Å².